The lowest BCUT2D eigenvalue weighted by Crippen LogP contribution is -2.34. The fourth-order valence-corrected chi connectivity index (χ4v) is 3.02. The number of halogens is 1. The second-order valence-corrected chi connectivity index (χ2v) is 7.50. The average molecular weight is 382 g/mol. The Morgan fingerprint density at radius 2 is 2.18 bits per heavy atom. The smallest absolute Gasteiger partial charge is 0.230 e. The second-order valence-electron chi connectivity index (χ2n) is 5.53. The Kier molecular flexibility index (Phi) is 5.72. The van der Waals surface area contributed by atoms with Gasteiger partial charge in [-0.05, 0) is 31.0 Å². The quantitative estimate of drug-likeness (QED) is 0.828. The Labute approximate surface area is 143 Å². The minimum atomic E-state index is -0.235. The van der Waals surface area contributed by atoms with E-state index in [0.717, 1.165) is 15.8 Å². The molecule has 0 aliphatic heterocycles. The van der Waals surface area contributed by atoms with Crippen molar-refractivity contribution in [2.24, 2.45) is 11.7 Å². The third kappa shape index (κ3) is 4.38. The second kappa shape index (κ2) is 7.35. The summed E-state index contributed by atoms with van der Waals surface area (Å²) in [5.41, 5.74) is 8.18. The molecule has 1 amide bonds. The number of aromatic nitrogens is 1. The summed E-state index contributed by atoms with van der Waals surface area (Å²) in [5.74, 6) is -0.322. The summed E-state index contributed by atoms with van der Waals surface area (Å²) >= 11 is 5.00. The van der Waals surface area contributed by atoms with Gasteiger partial charge in [-0.15, -0.1) is 11.3 Å². The molecule has 22 heavy (non-hydrogen) atoms. The molecule has 0 fully saturated rings. The molecule has 1 aromatic heterocycles. The van der Waals surface area contributed by atoms with Crippen LogP contribution in [0, 0.1) is 12.8 Å². The number of thiazole rings is 1. The number of amides is 1. The molecule has 0 bridgehead atoms. The molecule has 2 rings (SSSR count). The molecule has 118 valence electrons. The fraction of sp³-hybridized carbons (Fsp3) is 0.375. The first-order valence-corrected chi connectivity index (χ1v) is 8.74. The Morgan fingerprint density at radius 1 is 1.45 bits per heavy atom. The van der Waals surface area contributed by atoms with Crippen LogP contribution in [0.15, 0.2) is 28.9 Å². The van der Waals surface area contributed by atoms with Crippen LogP contribution in [0.1, 0.15) is 29.9 Å². The number of aryl methyl sites for hydroxylation is 1. The molecule has 0 aliphatic carbocycles. The number of carbonyl (C=O) groups excluding carboxylic acids is 1. The van der Waals surface area contributed by atoms with Crippen molar-refractivity contribution < 1.29 is 4.79 Å². The molecule has 1 heterocycles. The van der Waals surface area contributed by atoms with E-state index in [0.29, 0.717) is 5.13 Å². The van der Waals surface area contributed by atoms with E-state index in [1.165, 1.54) is 22.5 Å². The maximum atomic E-state index is 12.0. The molecule has 2 aromatic rings. The minimum absolute atomic E-state index is 0.0876. The van der Waals surface area contributed by atoms with Crippen LogP contribution in [0.25, 0.3) is 0 Å². The molecule has 6 heteroatoms. The van der Waals surface area contributed by atoms with Gasteiger partial charge in [0, 0.05) is 28.0 Å². The van der Waals surface area contributed by atoms with Gasteiger partial charge in [0.25, 0.3) is 0 Å². The van der Waals surface area contributed by atoms with Crippen molar-refractivity contribution in [3.8, 4) is 0 Å². The van der Waals surface area contributed by atoms with Gasteiger partial charge in [0.2, 0.25) is 5.91 Å². The van der Waals surface area contributed by atoms with Crippen molar-refractivity contribution in [3.05, 3.63) is 44.9 Å². The van der Waals surface area contributed by atoms with Crippen LogP contribution in [0.2, 0.25) is 0 Å². The predicted octanol–water partition coefficient (Wildman–Crippen LogP) is 3.73. The maximum absolute atomic E-state index is 12.0. The van der Waals surface area contributed by atoms with Gasteiger partial charge in [0.1, 0.15) is 0 Å². The lowest BCUT2D eigenvalue weighted by atomic mass is 10.0. The van der Waals surface area contributed by atoms with Crippen LogP contribution >= 0.6 is 27.3 Å². The Bertz CT molecular complexity index is 669. The lowest BCUT2D eigenvalue weighted by molar-refractivity contribution is -0.119. The normalized spacial score (nSPS) is 13.7. The van der Waals surface area contributed by atoms with E-state index in [4.69, 9.17) is 5.73 Å². The Hall–Kier alpha value is -1.24. The summed E-state index contributed by atoms with van der Waals surface area (Å²) in [7, 11) is 0. The van der Waals surface area contributed by atoms with E-state index >= 15 is 0 Å². The zero-order valence-corrected chi connectivity index (χ0v) is 15.3. The van der Waals surface area contributed by atoms with Gasteiger partial charge in [-0.1, -0.05) is 35.0 Å². The van der Waals surface area contributed by atoms with Gasteiger partial charge in [-0.3, -0.25) is 4.79 Å². The summed E-state index contributed by atoms with van der Waals surface area (Å²) < 4.78 is 1.11. The molecular formula is C16H20BrN3OS. The highest BCUT2D eigenvalue weighted by atomic mass is 79.9. The Morgan fingerprint density at radius 3 is 2.82 bits per heavy atom. The van der Waals surface area contributed by atoms with E-state index in [-0.39, 0.29) is 17.9 Å². The number of anilines is 1. The van der Waals surface area contributed by atoms with Crippen LogP contribution in [-0.2, 0) is 11.2 Å². The molecule has 0 aliphatic rings. The van der Waals surface area contributed by atoms with Crippen LogP contribution in [-0.4, -0.2) is 16.9 Å². The fourth-order valence-electron chi connectivity index (χ4n) is 1.92. The molecule has 2 unspecified atom stereocenters. The van der Waals surface area contributed by atoms with Crippen molar-refractivity contribution >= 4 is 38.3 Å². The predicted molar refractivity (Wildman–Crippen MR) is 95.2 cm³/mol. The van der Waals surface area contributed by atoms with E-state index in [1.807, 2.05) is 20.0 Å². The van der Waals surface area contributed by atoms with Gasteiger partial charge >= 0.3 is 0 Å². The van der Waals surface area contributed by atoms with Crippen LogP contribution < -0.4 is 11.1 Å². The molecule has 3 N–H and O–H groups in total. The largest absolute Gasteiger partial charge is 0.327 e. The highest BCUT2D eigenvalue weighted by molar-refractivity contribution is 9.10. The number of hydrogen-bond donors (Lipinski definition) is 2. The van der Waals surface area contributed by atoms with Crippen LogP contribution in [0.4, 0.5) is 5.13 Å². The standard InChI is InChI=1S/C16H20BrN3OS/c1-9-6-12(4-5-14(9)17)7-13-8-19-16(22-13)20-15(21)10(2)11(3)18/h4-6,8,10-11H,7,18H2,1-3H3,(H,19,20,21). The third-order valence-electron chi connectivity index (χ3n) is 3.59. The molecule has 1 aromatic carbocycles. The number of nitrogens with zero attached hydrogens (tertiary/aromatic N) is 1. The van der Waals surface area contributed by atoms with E-state index in [2.05, 4.69) is 51.4 Å². The molecule has 0 saturated heterocycles. The van der Waals surface area contributed by atoms with Gasteiger partial charge in [0.05, 0.1) is 5.92 Å². The molecule has 4 nitrogen and oxygen atoms in total. The first kappa shape index (κ1) is 17.1. The van der Waals surface area contributed by atoms with Gasteiger partial charge in [-0.25, -0.2) is 4.98 Å². The number of nitrogens with one attached hydrogen (secondary N) is 1. The number of hydrogen-bond acceptors (Lipinski definition) is 4. The molecule has 0 radical (unpaired) electrons. The highest BCUT2D eigenvalue weighted by Crippen LogP contribution is 2.24. The van der Waals surface area contributed by atoms with Crippen molar-refractivity contribution in [1.82, 2.24) is 4.98 Å². The summed E-state index contributed by atoms with van der Waals surface area (Å²) in [6.45, 7) is 5.72. The average Bonchev–Trinajstić information content (AvgIpc) is 2.89. The van der Waals surface area contributed by atoms with Crippen molar-refractivity contribution in [2.45, 2.75) is 33.2 Å². The summed E-state index contributed by atoms with van der Waals surface area (Å²) in [4.78, 5) is 17.4. The van der Waals surface area contributed by atoms with E-state index in [9.17, 15) is 4.79 Å². The van der Waals surface area contributed by atoms with Gasteiger partial charge in [0.15, 0.2) is 5.13 Å². The Balaban J connectivity index is 2.02. The third-order valence-corrected chi connectivity index (χ3v) is 5.39. The van der Waals surface area contributed by atoms with E-state index in [1.54, 1.807) is 0 Å². The van der Waals surface area contributed by atoms with Gasteiger partial charge < -0.3 is 11.1 Å². The van der Waals surface area contributed by atoms with E-state index < -0.39 is 0 Å². The van der Waals surface area contributed by atoms with Crippen molar-refractivity contribution in [2.75, 3.05) is 5.32 Å². The maximum Gasteiger partial charge on any atom is 0.230 e. The number of carbonyl (C=O) groups is 1. The topological polar surface area (TPSA) is 68.0 Å². The number of benzene rings is 1. The van der Waals surface area contributed by atoms with Crippen molar-refractivity contribution in [3.63, 3.8) is 0 Å². The summed E-state index contributed by atoms with van der Waals surface area (Å²) in [6, 6.07) is 6.12. The number of rotatable bonds is 5. The SMILES string of the molecule is Cc1cc(Cc2cnc(NC(=O)C(C)C(C)N)s2)ccc1Br. The highest BCUT2D eigenvalue weighted by Gasteiger charge is 2.18. The molecule has 0 spiro atoms. The monoisotopic (exact) mass is 381 g/mol. The van der Waals surface area contributed by atoms with Crippen LogP contribution in [0.3, 0.4) is 0 Å². The zero-order valence-electron chi connectivity index (χ0n) is 12.9. The molecule has 0 saturated carbocycles. The summed E-state index contributed by atoms with van der Waals surface area (Å²) in [5, 5.41) is 3.46. The van der Waals surface area contributed by atoms with Crippen LogP contribution in [0.5, 0.6) is 0 Å². The van der Waals surface area contributed by atoms with Gasteiger partial charge in [-0.2, -0.15) is 0 Å². The summed E-state index contributed by atoms with van der Waals surface area (Å²) in [6.07, 6.45) is 2.62. The molecular weight excluding hydrogens is 362 g/mol. The first-order chi connectivity index (χ1) is 10.4. The first-order valence-electron chi connectivity index (χ1n) is 7.13. The zero-order chi connectivity index (χ0) is 16.3. The lowest BCUT2D eigenvalue weighted by Gasteiger charge is -2.13. The minimum Gasteiger partial charge on any atom is -0.327 e. The van der Waals surface area contributed by atoms with Crippen molar-refractivity contribution in [1.29, 1.82) is 0 Å². The number of nitrogens with two attached hydrogens (primary N) is 1. The molecule has 2 atom stereocenters.